The third-order valence-electron chi connectivity index (χ3n) is 4.29. The van der Waals surface area contributed by atoms with Crippen molar-refractivity contribution in [3.05, 3.63) is 47.4 Å². The van der Waals surface area contributed by atoms with Crippen molar-refractivity contribution >= 4 is 21.6 Å². The molecule has 8 nitrogen and oxygen atoms in total. The van der Waals surface area contributed by atoms with Gasteiger partial charge in [0, 0.05) is 24.2 Å². The minimum Gasteiger partial charge on any atom is -0.496 e. The van der Waals surface area contributed by atoms with E-state index in [1.807, 2.05) is 24.3 Å². The van der Waals surface area contributed by atoms with Crippen molar-refractivity contribution in [1.82, 2.24) is 15.3 Å². The van der Waals surface area contributed by atoms with Crippen LogP contribution in [-0.2, 0) is 16.4 Å². The first-order valence-electron chi connectivity index (χ1n) is 8.59. The lowest BCUT2D eigenvalue weighted by atomic mass is 10.2. The van der Waals surface area contributed by atoms with Crippen molar-refractivity contribution < 1.29 is 17.9 Å². The molecule has 1 aromatic heterocycles. The maximum absolute atomic E-state index is 12.5. The van der Waals surface area contributed by atoms with E-state index in [1.165, 1.54) is 6.07 Å². The number of hydrogen-bond donors (Lipinski definition) is 2. The van der Waals surface area contributed by atoms with Crippen LogP contribution in [0.1, 0.15) is 28.3 Å². The first-order valence-corrected chi connectivity index (χ1v) is 10.4. The third-order valence-corrected chi connectivity index (χ3v) is 6.05. The number of aryl methyl sites for hydroxylation is 1. The van der Waals surface area contributed by atoms with Crippen molar-refractivity contribution in [3.8, 4) is 5.75 Å². The van der Waals surface area contributed by atoms with Gasteiger partial charge in [-0.15, -0.1) is 0 Å². The molecule has 1 atom stereocenters. The quantitative estimate of drug-likeness (QED) is 0.765. The van der Waals surface area contributed by atoms with Gasteiger partial charge in [0.2, 0.25) is 0 Å². The van der Waals surface area contributed by atoms with Crippen molar-refractivity contribution in [1.29, 1.82) is 0 Å². The summed E-state index contributed by atoms with van der Waals surface area (Å²) >= 11 is 0. The molecule has 9 heteroatoms. The third kappa shape index (κ3) is 4.94. The molecule has 1 aliphatic rings. The van der Waals surface area contributed by atoms with Crippen LogP contribution in [0.2, 0.25) is 0 Å². The van der Waals surface area contributed by atoms with E-state index in [0.29, 0.717) is 30.4 Å². The standard InChI is InChI=1S/C18H22N4O4S/c1-12-20-15(9-17(21-12)22-14-7-8-27(24,25)11-14)18(23)19-10-13-5-3-4-6-16(13)26-2/h3-6,9,14H,7-8,10-11H2,1-2H3,(H,19,23)(H,20,21,22). The van der Waals surface area contributed by atoms with E-state index in [1.54, 1.807) is 14.0 Å². The lowest BCUT2D eigenvalue weighted by Gasteiger charge is -2.13. The number of carbonyl (C=O) groups excluding carboxylic acids is 1. The van der Waals surface area contributed by atoms with Crippen LogP contribution in [-0.4, -0.2) is 49.0 Å². The number of benzene rings is 1. The number of ether oxygens (including phenoxy) is 1. The van der Waals surface area contributed by atoms with E-state index in [-0.39, 0.29) is 29.1 Å². The summed E-state index contributed by atoms with van der Waals surface area (Å²) in [5, 5.41) is 5.91. The Bertz CT molecular complexity index is 946. The lowest BCUT2D eigenvalue weighted by molar-refractivity contribution is 0.0945. The molecule has 1 amide bonds. The van der Waals surface area contributed by atoms with Crippen LogP contribution < -0.4 is 15.4 Å². The van der Waals surface area contributed by atoms with E-state index in [0.717, 1.165) is 5.56 Å². The molecule has 1 fully saturated rings. The number of methoxy groups -OCH3 is 1. The van der Waals surface area contributed by atoms with Crippen molar-refractivity contribution in [2.45, 2.75) is 25.9 Å². The minimum atomic E-state index is -3.00. The first kappa shape index (κ1) is 19.1. The molecule has 27 heavy (non-hydrogen) atoms. The topological polar surface area (TPSA) is 110 Å². The second-order valence-corrected chi connectivity index (χ2v) is 8.65. The Labute approximate surface area is 158 Å². The molecule has 0 radical (unpaired) electrons. The minimum absolute atomic E-state index is 0.0748. The Morgan fingerprint density at radius 2 is 2.07 bits per heavy atom. The van der Waals surface area contributed by atoms with Crippen LogP contribution in [0.3, 0.4) is 0 Å². The number of amides is 1. The highest BCUT2D eigenvalue weighted by molar-refractivity contribution is 7.91. The number of nitrogens with zero attached hydrogens (tertiary/aromatic N) is 2. The summed E-state index contributed by atoms with van der Waals surface area (Å²) in [6.07, 6.45) is 0.528. The number of hydrogen-bond acceptors (Lipinski definition) is 7. The highest BCUT2D eigenvalue weighted by Gasteiger charge is 2.28. The Balaban J connectivity index is 1.69. The average molecular weight is 390 g/mol. The van der Waals surface area contributed by atoms with Crippen molar-refractivity contribution in [3.63, 3.8) is 0 Å². The summed E-state index contributed by atoms with van der Waals surface area (Å²) < 4.78 is 28.5. The monoisotopic (exact) mass is 390 g/mol. The van der Waals surface area contributed by atoms with Crippen molar-refractivity contribution in [2.24, 2.45) is 0 Å². The van der Waals surface area contributed by atoms with Gasteiger partial charge >= 0.3 is 0 Å². The van der Waals surface area contributed by atoms with Gasteiger partial charge in [-0.3, -0.25) is 4.79 Å². The fourth-order valence-corrected chi connectivity index (χ4v) is 4.66. The number of rotatable bonds is 6. The molecule has 0 spiro atoms. The highest BCUT2D eigenvalue weighted by Crippen LogP contribution is 2.18. The number of nitrogens with one attached hydrogen (secondary N) is 2. The molecular formula is C18H22N4O4S. The SMILES string of the molecule is COc1ccccc1CNC(=O)c1cc(NC2CCS(=O)(=O)C2)nc(C)n1. The smallest absolute Gasteiger partial charge is 0.270 e. The van der Waals surface area contributed by atoms with Gasteiger partial charge in [0.15, 0.2) is 9.84 Å². The number of anilines is 1. The Morgan fingerprint density at radius 3 is 2.78 bits per heavy atom. The second kappa shape index (κ2) is 7.91. The lowest BCUT2D eigenvalue weighted by Crippen LogP contribution is -2.26. The van der Waals surface area contributed by atoms with E-state index in [9.17, 15) is 13.2 Å². The molecule has 1 aromatic carbocycles. The van der Waals surface area contributed by atoms with Crippen LogP contribution >= 0.6 is 0 Å². The van der Waals surface area contributed by atoms with E-state index in [4.69, 9.17) is 4.74 Å². The van der Waals surface area contributed by atoms with Gasteiger partial charge in [0.25, 0.3) is 5.91 Å². The molecular weight excluding hydrogens is 368 g/mol. The zero-order valence-corrected chi connectivity index (χ0v) is 16.0. The molecule has 0 bridgehead atoms. The summed E-state index contributed by atoms with van der Waals surface area (Å²) in [4.78, 5) is 20.9. The molecule has 2 heterocycles. The van der Waals surface area contributed by atoms with Gasteiger partial charge in [-0.2, -0.15) is 0 Å². The van der Waals surface area contributed by atoms with Gasteiger partial charge in [-0.25, -0.2) is 18.4 Å². The summed E-state index contributed by atoms with van der Waals surface area (Å²) in [6, 6.07) is 8.77. The summed E-state index contributed by atoms with van der Waals surface area (Å²) in [5.74, 6) is 1.48. The molecule has 2 N–H and O–H groups in total. The van der Waals surface area contributed by atoms with E-state index >= 15 is 0 Å². The molecule has 2 aromatic rings. The Kier molecular flexibility index (Phi) is 5.59. The predicted octanol–water partition coefficient (Wildman–Crippen LogP) is 1.32. The number of para-hydroxylation sites is 1. The molecule has 3 rings (SSSR count). The summed E-state index contributed by atoms with van der Waals surface area (Å²) in [7, 11) is -1.42. The fraction of sp³-hybridized carbons (Fsp3) is 0.389. The van der Waals surface area contributed by atoms with Crippen LogP contribution in [0, 0.1) is 6.92 Å². The van der Waals surface area contributed by atoms with Crippen LogP contribution in [0.15, 0.2) is 30.3 Å². The normalized spacial score (nSPS) is 18.1. The predicted molar refractivity (Wildman–Crippen MR) is 102 cm³/mol. The van der Waals surface area contributed by atoms with Gasteiger partial charge in [0.05, 0.1) is 18.6 Å². The van der Waals surface area contributed by atoms with Gasteiger partial charge in [0.1, 0.15) is 23.1 Å². The number of carbonyl (C=O) groups is 1. The Morgan fingerprint density at radius 1 is 1.30 bits per heavy atom. The van der Waals surface area contributed by atoms with Crippen LogP contribution in [0.5, 0.6) is 5.75 Å². The first-order chi connectivity index (χ1) is 12.9. The van der Waals surface area contributed by atoms with Crippen LogP contribution in [0.25, 0.3) is 0 Å². The summed E-state index contributed by atoms with van der Waals surface area (Å²) in [5.41, 5.74) is 1.08. The zero-order chi connectivity index (χ0) is 19.4. The Hall–Kier alpha value is -2.68. The highest BCUT2D eigenvalue weighted by atomic mass is 32.2. The number of sulfone groups is 1. The number of aromatic nitrogens is 2. The summed E-state index contributed by atoms with van der Waals surface area (Å²) in [6.45, 7) is 1.99. The maximum Gasteiger partial charge on any atom is 0.270 e. The fourth-order valence-electron chi connectivity index (χ4n) is 2.99. The average Bonchev–Trinajstić information content (AvgIpc) is 2.97. The molecule has 144 valence electrons. The second-order valence-electron chi connectivity index (χ2n) is 6.42. The molecule has 0 aliphatic carbocycles. The molecule has 1 saturated heterocycles. The van der Waals surface area contributed by atoms with Gasteiger partial charge < -0.3 is 15.4 Å². The molecule has 0 saturated carbocycles. The van der Waals surface area contributed by atoms with E-state index in [2.05, 4.69) is 20.6 Å². The largest absolute Gasteiger partial charge is 0.496 e. The maximum atomic E-state index is 12.5. The molecule has 1 aliphatic heterocycles. The van der Waals surface area contributed by atoms with Crippen molar-refractivity contribution in [2.75, 3.05) is 23.9 Å². The van der Waals surface area contributed by atoms with E-state index < -0.39 is 9.84 Å². The van der Waals surface area contributed by atoms with Gasteiger partial charge in [-0.05, 0) is 19.4 Å². The van der Waals surface area contributed by atoms with Gasteiger partial charge in [-0.1, -0.05) is 18.2 Å². The van der Waals surface area contributed by atoms with Crippen LogP contribution in [0.4, 0.5) is 5.82 Å². The molecule has 1 unspecified atom stereocenters. The zero-order valence-electron chi connectivity index (χ0n) is 15.2.